The van der Waals surface area contributed by atoms with Crippen LogP contribution in [0.1, 0.15) is 57.3 Å². The number of hydrogen-bond acceptors (Lipinski definition) is 9. The molecule has 0 aliphatic heterocycles. The van der Waals surface area contributed by atoms with Gasteiger partial charge >= 0.3 is 6.61 Å². The summed E-state index contributed by atoms with van der Waals surface area (Å²) in [5, 5.41) is 18.0. The maximum absolute atomic E-state index is 13.2. The van der Waals surface area contributed by atoms with Crippen molar-refractivity contribution < 1.29 is 32.5 Å². The Morgan fingerprint density at radius 1 is 0.938 bits per heavy atom. The molecule has 5 aromatic rings. The Balaban J connectivity index is 0.000000250. The van der Waals surface area contributed by atoms with Gasteiger partial charge in [0.2, 0.25) is 0 Å². The van der Waals surface area contributed by atoms with Gasteiger partial charge in [-0.1, -0.05) is 0 Å². The summed E-state index contributed by atoms with van der Waals surface area (Å²) in [6, 6.07) is 14.1. The average Bonchev–Trinajstić information content (AvgIpc) is 3.56. The molecule has 0 amide bonds. The van der Waals surface area contributed by atoms with Crippen LogP contribution < -0.4 is 18.9 Å². The fourth-order valence-electron chi connectivity index (χ4n) is 4.88. The van der Waals surface area contributed by atoms with Crippen LogP contribution in [0.5, 0.6) is 23.0 Å². The lowest BCUT2D eigenvalue weighted by atomic mass is 10.00. The third-order valence-corrected chi connectivity index (χ3v) is 7.39. The van der Waals surface area contributed by atoms with Gasteiger partial charge in [-0.05, 0) is 70.7 Å². The minimum atomic E-state index is -3.09. The van der Waals surface area contributed by atoms with Gasteiger partial charge in [-0.2, -0.15) is 19.3 Å². The van der Waals surface area contributed by atoms with Crippen LogP contribution in [0.2, 0.25) is 0 Å². The van der Waals surface area contributed by atoms with Crippen LogP contribution in [0.3, 0.4) is 0 Å². The summed E-state index contributed by atoms with van der Waals surface area (Å²) in [5.41, 5.74) is 0.605. The number of nitrogens with zero attached hydrogens (tertiary/aromatic N) is 6. The van der Waals surface area contributed by atoms with Crippen LogP contribution in [-0.2, 0) is 0 Å². The number of nitriles is 2. The Bertz CT molecular complexity index is 2030. The summed E-state index contributed by atoms with van der Waals surface area (Å²) in [6.45, 7) is 3.66. The second-order valence-electron chi connectivity index (χ2n) is 12.2. The normalized spacial score (nSPS) is 13.0. The van der Waals surface area contributed by atoms with E-state index in [0.29, 0.717) is 28.4 Å². The fraction of sp³-hybridized carbons (Fsp3) is 0.343. The van der Waals surface area contributed by atoms with Crippen molar-refractivity contribution in [2.45, 2.75) is 64.8 Å². The Morgan fingerprint density at radius 3 is 2.17 bits per heavy atom. The number of imidazole rings is 2. The second kappa shape index (κ2) is 13.6. The Kier molecular flexibility index (Phi) is 9.52. The van der Waals surface area contributed by atoms with Crippen molar-refractivity contribution in [3.8, 4) is 46.4 Å². The summed E-state index contributed by atoms with van der Waals surface area (Å²) in [4.78, 5) is 21.3. The average molecular weight is 657 g/mol. The third-order valence-electron chi connectivity index (χ3n) is 7.39. The van der Waals surface area contributed by atoms with E-state index in [1.807, 2.05) is 22.9 Å². The van der Waals surface area contributed by atoms with E-state index < -0.39 is 17.8 Å². The van der Waals surface area contributed by atoms with Gasteiger partial charge in [-0.25, -0.2) is 9.97 Å². The number of carbonyl (C=O) groups is 1. The highest BCUT2D eigenvalue weighted by atomic mass is 19.3. The highest BCUT2D eigenvalue weighted by Gasteiger charge is 2.30. The largest absolute Gasteiger partial charge is 0.496 e. The molecule has 11 nitrogen and oxygen atoms in total. The second-order valence-corrected chi connectivity index (χ2v) is 12.2. The SMILES string of the molecule is CC(C)(C#N)Oc1ccn2ccnc2c1.COc1cc(-c2cnc3cc(OC(C)(C)C#N)ccn23)cc(OC(F)F)c1C(=O)CC1CC1. The lowest BCUT2D eigenvalue weighted by molar-refractivity contribution is -0.0502. The molecular weight excluding hydrogens is 622 g/mol. The molecule has 1 aliphatic carbocycles. The van der Waals surface area contributed by atoms with Gasteiger partial charge in [-0.3, -0.25) is 9.20 Å². The molecule has 0 bridgehead atoms. The number of methoxy groups -OCH3 is 1. The highest BCUT2D eigenvalue weighted by molar-refractivity contribution is 6.02. The van der Waals surface area contributed by atoms with Crippen molar-refractivity contribution in [3.63, 3.8) is 0 Å². The van der Waals surface area contributed by atoms with Crippen LogP contribution in [0.4, 0.5) is 8.78 Å². The van der Waals surface area contributed by atoms with E-state index in [2.05, 4.69) is 22.1 Å². The Labute approximate surface area is 275 Å². The molecule has 1 aliphatic rings. The van der Waals surface area contributed by atoms with Crippen molar-refractivity contribution in [3.05, 3.63) is 72.9 Å². The number of alkyl halides is 2. The number of fused-ring (bicyclic) bond motifs is 2. The monoisotopic (exact) mass is 656 g/mol. The van der Waals surface area contributed by atoms with E-state index in [9.17, 15) is 18.8 Å². The molecule has 1 fully saturated rings. The number of halogens is 2. The first-order valence-electron chi connectivity index (χ1n) is 15.1. The molecule has 48 heavy (non-hydrogen) atoms. The predicted molar refractivity (Wildman–Crippen MR) is 171 cm³/mol. The van der Waals surface area contributed by atoms with Crippen molar-refractivity contribution in [1.82, 2.24) is 18.8 Å². The number of ether oxygens (including phenoxy) is 4. The van der Waals surface area contributed by atoms with Crippen molar-refractivity contribution in [2.24, 2.45) is 5.92 Å². The zero-order valence-corrected chi connectivity index (χ0v) is 27.1. The molecule has 13 heteroatoms. The molecular formula is C35H34F2N6O5. The molecule has 4 heterocycles. The maximum atomic E-state index is 13.2. The van der Waals surface area contributed by atoms with Gasteiger partial charge in [-0.15, -0.1) is 0 Å². The summed E-state index contributed by atoms with van der Waals surface area (Å²) >= 11 is 0. The van der Waals surface area contributed by atoms with Crippen LogP contribution in [-0.4, -0.2) is 49.5 Å². The molecule has 1 saturated carbocycles. The predicted octanol–water partition coefficient (Wildman–Crippen LogP) is 7.29. The minimum absolute atomic E-state index is 0.0247. The lowest BCUT2D eigenvalue weighted by Gasteiger charge is -2.18. The van der Waals surface area contributed by atoms with Gasteiger partial charge in [0.25, 0.3) is 0 Å². The van der Waals surface area contributed by atoms with Gasteiger partial charge in [0.1, 0.15) is 52.0 Å². The number of pyridine rings is 2. The van der Waals surface area contributed by atoms with E-state index in [1.54, 1.807) is 75.0 Å². The van der Waals surface area contributed by atoms with Crippen molar-refractivity contribution in [1.29, 1.82) is 10.5 Å². The third kappa shape index (κ3) is 7.99. The molecule has 0 radical (unpaired) electrons. The van der Waals surface area contributed by atoms with Crippen LogP contribution in [0, 0.1) is 28.6 Å². The first-order valence-corrected chi connectivity index (χ1v) is 15.1. The number of hydrogen-bond donors (Lipinski definition) is 0. The summed E-state index contributed by atoms with van der Waals surface area (Å²) in [7, 11) is 1.38. The first-order chi connectivity index (χ1) is 22.8. The summed E-state index contributed by atoms with van der Waals surface area (Å²) < 4.78 is 51.3. The van der Waals surface area contributed by atoms with E-state index in [1.165, 1.54) is 13.2 Å². The summed E-state index contributed by atoms with van der Waals surface area (Å²) in [5.74, 6) is 1.06. The molecule has 0 spiro atoms. The number of rotatable bonds is 11. The van der Waals surface area contributed by atoms with Crippen molar-refractivity contribution >= 4 is 17.1 Å². The topological polar surface area (TPSA) is 136 Å². The highest BCUT2D eigenvalue weighted by Crippen LogP contribution is 2.40. The molecule has 0 atom stereocenters. The smallest absolute Gasteiger partial charge is 0.387 e. The molecule has 6 rings (SSSR count). The molecule has 0 N–H and O–H groups in total. The van der Waals surface area contributed by atoms with Crippen molar-refractivity contribution in [2.75, 3.05) is 7.11 Å². The quantitative estimate of drug-likeness (QED) is 0.134. The number of carbonyl (C=O) groups excluding carboxylic acids is 1. The lowest BCUT2D eigenvalue weighted by Crippen LogP contribution is -2.25. The van der Waals surface area contributed by atoms with Gasteiger partial charge in [0.05, 0.1) is 19.0 Å². The zero-order valence-electron chi connectivity index (χ0n) is 27.1. The number of aromatic nitrogens is 4. The first kappa shape index (κ1) is 33.7. The van der Waals surface area contributed by atoms with Crippen LogP contribution in [0.15, 0.2) is 67.4 Å². The number of ketones is 1. The molecule has 4 aromatic heterocycles. The summed E-state index contributed by atoms with van der Waals surface area (Å²) in [6.07, 6.45) is 10.9. The molecule has 0 unspecified atom stereocenters. The van der Waals surface area contributed by atoms with Gasteiger partial charge < -0.3 is 23.3 Å². The number of Topliss-reactive ketones (excluding diaryl/α,β-unsaturated/α-hetero) is 1. The molecule has 248 valence electrons. The maximum Gasteiger partial charge on any atom is 0.387 e. The van der Waals surface area contributed by atoms with Gasteiger partial charge in [0.15, 0.2) is 17.0 Å². The molecule has 0 saturated heterocycles. The molecule has 1 aromatic carbocycles. The van der Waals surface area contributed by atoms with Gasteiger partial charge in [0, 0.05) is 48.9 Å². The van der Waals surface area contributed by atoms with E-state index in [-0.39, 0.29) is 35.2 Å². The zero-order chi connectivity index (χ0) is 34.6. The number of benzene rings is 1. The Morgan fingerprint density at radius 2 is 1.56 bits per heavy atom. The van der Waals surface area contributed by atoms with E-state index >= 15 is 0 Å². The Hall–Kier alpha value is -5.69. The standard InChI is InChI=1S/C24H23F2N3O4.C11H11N3O/c1-24(2,13-27)33-16-6-7-29-17(12-28-21(29)11-16)15-9-19(31-3)22(18(30)8-14-4-5-14)20(10-15)32-23(25)26;1-11(2,8-12)15-9-3-5-14-6-4-13-10(14)7-9/h6-7,9-12,14,23H,4-5,8H2,1-3H3;3-7H,1-2H3. The van der Waals surface area contributed by atoms with E-state index in [4.69, 9.17) is 24.2 Å². The van der Waals surface area contributed by atoms with E-state index in [0.717, 1.165) is 18.5 Å². The van der Waals surface area contributed by atoms with Crippen LogP contribution >= 0.6 is 0 Å². The van der Waals surface area contributed by atoms with Crippen LogP contribution in [0.25, 0.3) is 22.6 Å². The minimum Gasteiger partial charge on any atom is -0.496 e. The fourth-order valence-corrected chi connectivity index (χ4v) is 4.88.